The molecule has 0 spiro atoms. The van der Waals surface area contributed by atoms with Gasteiger partial charge in [0.1, 0.15) is 17.2 Å². The zero-order valence-corrected chi connectivity index (χ0v) is 18.6. The Morgan fingerprint density at radius 2 is 1.71 bits per heavy atom. The van der Waals surface area contributed by atoms with E-state index < -0.39 is 0 Å². The lowest BCUT2D eigenvalue weighted by atomic mass is 9.96. The summed E-state index contributed by atoms with van der Waals surface area (Å²) in [6.45, 7) is 0. The molecule has 1 fully saturated rings. The molecule has 0 aliphatic heterocycles. The number of nitrogens with zero attached hydrogens (tertiary/aromatic N) is 3. The normalized spacial score (nSPS) is 15.5. The molecule has 1 N–H and O–H groups in total. The molecule has 2 aromatic carbocycles. The van der Waals surface area contributed by atoms with Gasteiger partial charge in [0.2, 0.25) is 4.80 Å². The third-order valence-electron chi connectivity index (χ3n) is 5.49. The molecule has 1 aliphatic carbocycles. The Kier molecular flexibility index (Phi) is 6.72. The van der Waals surface area contributed by atoms with E-state index in [1.807, 2.05) is 28.9 Å². The molecular formula is C24H27N3O3S. The summed E-state index contributed by atoms with van der Waals surface area (Å²) in [6.07, 6.45) is 7.64. The number of ether oxygens (including phenoxy) is 2. The highest BCUT2D eigenvalue weighted by molar-refractivity contribution is 7.07. The van der Waals surface area contributed by atoms with Gasteiger partial charge in [-0.2, -0.15) is 5.10 Å². The molecule has 1 aliphatic rings. The van der Waals surface area contributed by atoms with Gasteiger partial charge in [-0.1, -0.05) is 19.3 Å². The number of phenolic OH excluding ortho intramolecular Hbond substituents is 1. The van der Waals surface area contributed by atoms with Crippen molar-refractivity contribution in [2.45, 2.75) is 38.1 Å². The fourth-order valence-electron chi connectivity index (χ4n) is 3.71. The molecule has 162 valence electrons. The van der Waals surface area contributed by atoms with Crippen molar-refractivity contribution in [3.8, 4) is 28.5 Å². The number of thiazole rings is 1. The predicted molar refractivity (Wildman–Crippen MR) is 124 cm³/mol. The topological polar surface area (TPSA) is 68.3 Å². The van der Waals surface area contributed by atoms with Gasteiger partial charge < -0.3 is 14.6 Å². The van der Waals surface area contributed by atoms with Gasteiger partial charge in [0.25, 0.3) is 0 Å². The van der Waals surface area contributed by atoms with Gasteiger partial charge in [-0.05, 0) is 55.3 Å². The molecule has 1 aromatic heterocycles. The predicted octanol–water partition coefficient (Wildman–Crippen LogP) is 5.06. The van der Waals surface area contributed by atoms with Gasteiger partial charge in [0, 0.05) is 16.5 Å². The maximum absolute atomic E-state index is 10.2. The zero-order valence-electron chi connectivity index (χ0n) is 17.8. The van der Waals surface area contributed by atoms with E-state index in [0.29, 0.717) is 17.4 Å². The van der Waals surface area contributed by atoms with Crippen molar-refractivity contribution in [1.82, 2.24) is 4.68 Å². The molecule has 0 radical (unpaired) electrons. The minimum Gasteiger partial charge on any atom is -0.507 e. The average molecular weight is 438 g/mol. The third kappa shape index (κ3) is 4.99. The molecule has 0 bridgehead atoms. The summed E-state index contributed by atoms with van der Waals surface area (Å²) in [7, 11) is 3.26. The average Bonchev–Trinajstić information content (AvgIpc) is 3.21. The van der Waals surface area contributed by atoms with Crippen LogP contribution in [0.2, 0.25) is 0 Å². The largest absolute Gasteiger partial charge is 0.507 e. The first-order chi connectivity index (χ1) is 15.2. The number of phenols is 1. The number of rotatable bonds is 6. The van der Waals surface area contributed by atoms with Crippen molar-refractivity contribution in [2.24, 2.45) is 10.1 Å². The number of aromatic hydroxyl groups is 1. The van der Waals surface area contributed by atoms with E-state index in [0.717, 1.165) is 34.6 Å². The van der Waals surface area contributed by atoms with E-state index in [4.69, 9.17) is 19.6 Å². The van der Waals surface area contributed by atoms with E-state index in [1.165, 1.54) is 19.3 Å². The minimum atomic E-state index is 0.150. The van der Waals surface area contributed by atoms with Crippen LogP contribution >= 0.6 is 11.3 Å². The van der Waals surface area contributed by atoms with Crippen LogP contribution in [0.15, 0.2) is 57.9 Å². The van der Waals surface area contributed by atoms with Crippen molar-refractivity contribution >= 4 is 17.6 Å². The van der Waals surface area contributed by atoms with Gasteiger partial charge in [-0.15, -0.1) is 11.3 Å². The molecule has 7 heteroatoms. The fraction of sp³-hybridized carbons (Fsp3) is 0.333. The summed E-state index contributed by atoms with van der Waals surface area (Å²) in [6, 6.07) is 13.3. The Hall–Kier alpha value is -3.06. The molecule has 0 amide bonds. The lowest BCUT2D eigenvalue weighted by Gasteiger charge is -2.16. The highest BCUT2D eigenvalue weighted by Crippen LogP contribution is 2.25. The van der Waals surface area contributed by atoms with Gasteiger partial charge in [0.05, 0.1) is 32.2 Å². The van der Waals surface area contributed by atoms with Crippen LogP contribution in [0.4, 0.5) is 0 Å². The van der Waals surface area contributed by atoms with Crippen LogP contribution in [0, 0.1) is 0 Å². The van der Waals surface area contributed by atoms with Crippen LogP contribution in [-0.2, 0) is 0 Å². The fourth-order valence-corrected chi connectivity index (χ4v) is 4.62. The van der Waals surface area contributed by atoms with Crippen LogP contribution in [-0.4, -0.2) is 36.3 Å². The van der Waals surface area contributed by atoms with E-state index >= 15 is 0 Å². The van der Waals surface area contributed by atoms with Crippen molar-refractivity contribution < 1.29 is 14.6 Å². The summed E-state index contributed by atoms with van der Waals surface area (Å²) in [5, 5.41) is 17.0. The van der Waals surface area contributed by atoms with E-state index in [2.05, 4.69) is 5.38 Å². The second-order valence-electron chi connectivity index (χ2n) is 7.53. The number of hydrogen-bond donors (Lipinski definition) is 1. The van der Waals surface area contributed by atoms with Crippen molar-refractivity contribution in [3.05, 3.63) is 58.2 Å². The van der Waals surface area contributed by atoms with Crippen molar-refractivity contribution in [1.29, 1.82) is 0 Å². The van der Waals surface area contributed by atoms with Crippen LogP contribution in [0.3, 0.4) is 0 Å². The van der Waals surface area contributed by atoms with Crippen LogP contribution < -0.4 is 14.3 Å². The number of aromatic nitrogens is 1. The maximum atomic E-state index is 10.2. The van der Waals surface area contributed by atoms with Gasteiger partial charge in [0.15, 0.2) is 0 Å². The molecule has 1 saturated carbocycles. The van der Waals surface area contributed by atoms with Crippen LogP contribution in [0.5, 0.6) is 17.2 Å². The van der Waals surface area contributed by atoms with Gasteiger partial charge in [-0.25, -0.2) is 4.68 Å². The molecule has 6 nitrogen and oxygen atoms in total. The van der Waals surface area contributed by atoms with Crippen molar-refractivity contribution in [3.63, 3.8) is 0 Å². The highest BCUT2D eigenvalue weighted by atomic mass is 32.1. The van der Waals surface area contributed by atoms with Gasteiger partial charge in [-0.3, -0.25) is 4.99 Å². The number of methoxy groups -OCH3 is 2. The summed E-state index contributed by atoms with van der Waals surface area (Å²) < 4.78 is 12.4. The van der Waals surface area contributed by atoms with Crippen molar-refractivity contribution in [2.75, 3.05) is 14.2 Å². The van der Waals surface area contributed by atoms with Crippen LogP contribution in [0.25, 0.3) is 11.3 Å². The third-order valence-corrected chi connectivity index (χ3v) is 6.32. The second-order valence-corrected chi connectivity index (χ2v) is 8.37. The molecule has 1 heterocycles. The first kappa shape index (κ1) is 21.2. The molecular weight excluding hydrogens is 410 g/mol. The Bertz CT molecular complexity index is 1110. The smallest absolute Gasteiger partial charge is 0.206 e. The number of hydrogen-bond acceptors (Lipinski definition) is 6. The van der Waals surface area contributed by atoms with Crippen LogP contribution in [0.1, 0.15) is 37.7 Å². The Balaban J connectivity index is 1.77. The van der Waals surface area contributed by atoms with E-state index in [1.54, 1.807) is 50.0 Å². The molecule has 31 heavy (non-hydrogen) atoms. The molecule has 0 atom stereocenters. The monoisotopic (exact) mass is 437 g/mol. The lowest BCUT2D eigenvalue weighted by molar-refractivity contribution is 0.412. The summed E-state index contributed by atoms with van der Waals surface area (Å²) >= 11 is 1.59. The minimum absolute atomic E-state index is 0.150. The Labute approximate surface area is 186 Å². The first-order valence-corrected chi connectivity index (χ1v) is 11.4. The summed E-state index contributed by atoms with van der Waals surface area (Å²) in [4.78, 5) is 5.88. The van der Waals surface area contributed by atoms with E-state index in [-0.39, 0.29) is 5.75 Å². The Morgan fingerprint density at radius 3 is 2.42 bits per heavy atom. The first-order valence-electron chi connectivity index (χ1n) is 10.5. The second kappa shape index (κ2) is 9.83. The zero-order chi connectivity index (χ0) is 21.6. The molecule has 3 aromatic rings. The molecule has 4 rings (SSSR count). The lowest BCUT2D eigenvalue weighted by Crippen LogP contribution is -2.19. The Morgan fingerprint density at radius 1 is 1.00 bits per heavy atom. The van der Waals surface area contributed by atoms with Gasteiger partial charge >= 0.3 is 0 Å². The van der Waals surface area contributed by atoms with E-state index in [9.17, 15) is 5.11 Å². The SMILES string of the molecule is COc1ccc(-c2csc(=NC3CCCCC3)n2N=Cc2cc(OC)ccc2O)cc1. The number of benzene rings is 2. The highest BCUT2D eigenvalue weighted by Gasteiger charge is 2.14. The summed E-state index contributed by atoms with van der Waals surface area (Å²) in [5.41, 5.74) is 2.55. The standard InChI is InChI=1S/C24H27N3O3S/c1-29-20-10-8-17(9-11-20)22-16-31-24(26-19-6-4-3-5-7-19)27(22)25-15-18-14-21(30-2)12-13-23(18)28/h8-16,19,28H,3-7H2,1-2H3. The molecule has 0 saturated heterocycles. The summed E-state index contributed by atoms with van der Waals surface area (Å²) in [5.74, 6) is 1.62. The maximum Gasteiger partial charge on any atom is 0.206 e. The quantitative estimate of drug-likeness (QED) is 0.549. The molecule has 0 unspecified atom stereocenters.